The Kier molecular flexibility index (Phi) is 7.76. The normalized spacial score (nSPS) is 18.6. The lowest BCUT2D eigenvalue weighted by molar-refractivity contribution is -0.137. The maximum absolute atomic E-state index is 13.6. The van der Waals surface area contributed by atoms with Crippen molar-refractivity contribution in [2.45, 2.75) is 56.8 Å². The highest BCUT2D eigenvalue weighted by Gasteiger charge is 2.39. The SMILES string of the molecule is CN(C(=O)c1ccc2c(c1)C(NC(=O)c1cc(C(F)(F)F)ccc1Cl)CC2(C)C)C1CCN(c2ccncc2)CC1. The summed E-state index contributed by atoms with van der Waals surface area (Å²) in [6.07, 6.45) is 1.15. The maximum atomic E-state index is 13.6. The van der Waals surface area contributed by atoms with E-state index in [1.165, 1.54) is 0 Å². The zero-order chi connectivity index (χ0) is 29.5. The molecule has 41 heavy (non-hydrogen) atoms. The average Bonchev–Trinajstić information content (AvgIpc) is 3.20. The number of alkyl halides is 3. The predicted molar refractivity (Wildman–Crippen MR) is 152 cm³/mol. The monoisotopic (exact) mass is 584 g/mol. The third-order valence-electron chi connectivity index (χ3n) is 8.32. The van der Waals surface area contributed by atoms with Crippen LogP contribution in [0.2, 0.25) is 5.02 Å². The molecule has 2 heterocycles. The van der Waals surface area contributed by atoms with Crippen molar-refractivity contribution < 1.29 is 22.8 Å². The summed E-state index contributed by atoms with van der Waals surface area (Å²) in [5, 5.41) is 2.82. The van der Waals surface area contributed by atoms with E-state index in [2.05, 4.69) is 15.2 Å². The lowest BCUT2D eigenvalue weighted by atomic mass is 9.86. The zero-order valence-electron chi connectivity index (χ0n) is 23.1. The van der Waals surface area contributed by atoms with Crippen molar-refractivity contribution in [3.05, 3.63) is 93.8 Å². The number of nitrogens with zero attached hydrogens (tertiary/aromatic N) is 3. The van der Waals surface area contributed by atoms with Crippen LogP contribution in [0.25, 0.3) is 0 Å². The zero-order valence-corrected chi connectivity index (χ0v) is 23.9. The minimum absolute atomic E-state index is 0.0616. The molecule has 2 aromatic carbocycles. The largest absolute Gasteiger partial charge is 0.416 e. The van der Waals surface area contributed by atoms with Crippen molar-refractivity contribution in [3.8, 4) is 0 Å². The molecule has 2 aliphatic rings. The molecule has 216 valence electrons. The minimum Gasteiger partial charge on any atom is -0.371 e. The summed E-state index contributed by atoms with van der Waals surface area (Å²) in [5.74, 6) is -0.796. The summed E-state index contributed by atoms with van der Waals surface area (Å²) in [5.41, 5.74) is 1.92. The van der Waals surface area contributed by atoms with Crippen molar-refractivity contribution in [1.29, 1.82) is 0 Å². The summed E-state index contributed by atoms with van der Waals surface area (Å²) in [6.45, 7) is 5.74. The van der Waals surface area contributed by atoms with Gasteiger partial charge in [-0.3, -0.25) is 14.6 Å². The number of carbonyl (C=O) groups excluding carboxylic acids is 2. The number of nitrogens with one attached hydrogen (secondary N) is 1. The third kappa shape index (κ3) is 5.91. The van der Waals surface area contributed by atoms with E-state index < -0.39 is 23.7 Å². The molecule has 1 atom stereocenters. The van der Waals surface area contributed by atoms with Crippen LogP contribution in [0.4, 0.5) is 18.9 Å². The fraction of sp³-hybridized carbons (Fsp3) is 0.387. The standard InChI is InChI=1S/C31H32ClF3N4O2/c1-30(2)18-27(37-28(40)24-17-20(31(33,34)35)5-7-26(24)32)23-16-19(4-6-25(23)30)29(41)38(3)21-10-14-39(15-11-21)22-8-12-36-13-9-22/h4-9,12-13,16-17,21,27H,10-11,14-15,18H2,1-3H3,(H,37,40). The number of halogens is 4. The highest BCUT2D eigenvalue weighted by atomic mass is 35.5. The van der Waals surface area contributed by atoms with Crippen molar-refractivity contribution in [1.82, 2.24) is 15.2 Å². The molecular weight excluding hydrogens is 553 g/mol. The molecule has 2 amide bonds. The van der Waals surface area contributed by atoms with E-state index in [0.29, 0.717) is 12.0 Å². The first-order valence-electron chi connectivity index (χ1n) is 13.6. The van der Waals surface area contributed by atoms with Crippen LogP contribution in [0.5, 0.6) is 0 Å². The van der Waals surface area contributed by atoms with Gasteiger partial charge in [-0.05, 0) is 78.3 Å². The molecule has 0 saturated carbocycles. The fourth-order valence-electron chi connectivity index (χ4n) is 6.01. The molecule has 1 aromatic heterocycles. The number of hydrogen-bond donors (Lipinski definition) is 1. The van der Waals surface area contributed by atoms with E-state index in [1.54, 1.807) is 17.3 Å². The summed E-state index contributed by atoms with van der Waals surface area (Å²) in [6, 6.07) is 11.8. The van der Waals surface area contributed by atoms with Gasteiger partial charge in [0, 0.05) is 49.8 Å². The Morgan fingerprint density at radius 1 is 1.05 bits per heavy atom. The number of aromatic nitrogens is 1. The molecule has 10 heteroatoms. The van der Waals surface area contributed by atoms with Gasteiger partial charge in [0.15, 0.2) is 0 Å². The van der Waals surface area contributed by atoms with E-state index >= 15 is 0 Å². The molecule has 3 aromatic rings. The number of benzene rings is 2. The highest BCUT2D eigenvalue weighted by molar-refractivity contribution is 6.33. The Morgan fingerprint density at radius 2 is 1.73 bits per heavy atom. The van der Waals surface area contributed by atoms with Crippen molar-refractivity contribution in [2.75, 3.05) is 25.0 Å². The molecule has 1 N–H and O–H groups in total. The van der Waals surface area contributed by atoms with Crippen molar-refractivity contribution >= 4 is 29.1 Å². The third-order valence-corrected chi connectivity index (χ3v) is 8.65. The van der Waals surface area contributed by atoms with Crippen LogP contribution >= 0.6 is 11.6 Å². The molecule has 1 fully saturated rings. The van der Waals surface area contributed by atoms with E-state index in [-0.39, 0.29) is 28.0 Å². The minimum atomic E-state index is -4.60. The smallest absolute Gasteiger partial charge is 0.371 e. The molecule has 1 aliphatic heterocycles. The van der Waals surface area contributed by atoms with Gasteiger partial charge in [-0.2, -0.15) is 13.2 Å². The van der Waals surface area contributed by atoms with E-state index in [4.69, 9.17) is 11.6 Å². The Bertz CT molecular complexity index is 1450. The number of anilines is 1. The molecule has 1 aliphatic carbocycles. The molecule has 1 saturated heterocycles. The predicted octanol–water partition coefficient (Wildman–Crippen LogP) is 6.65. The van der Waals surface area contributed by atoms with Gasteiger partial charge in [0.2, 0.25) is 0 Å². The number of pyridine rings is 1. The van der Waals surface area contributed by atoms with Crippen LogP contribution in [-0.4, -0.2) is 47.9 Å². The van der Waals surface area contributed by atoms with Gasteiger partial charge >= 0.3 is 6.18 Å². The van der Waals surface area contributed by atoms with Crippen LogP contribution in [0.1, 0.15) is 76.6 Å². The first kappa shape index (κ1) is 28.9. The topological polar surface area (TPSA) is 65.5 Å². The lowest BCUT2D eigenvalue weighted by Crippen LogP contribution is -2.45. The molecular formula is C31H32ClF3N4O2. The first-order chi connectivity index (χ1) is 19.3. The Labute approximate surface area is 242 Å². The van der Waals surface area contributed by atoms with Crippen LogP contribution in [-0.2, 0) is 11.6 Å². The summed E-state index contributed by atoms with van der Waals surface area (Å²) >= 11 is 6.12. The quantitative estimate of drug-likeness (QED) is 0.365. The Balaban J connectivity index is 1.32. The molecule has 5 rings (SSSR count). The lowest BCUT2D eigenvalue weighted by Gasteiger charge is -2.38. The molecule has 0 bridgehead atoms. The van der Waals surface area contributed by atoms with E-state index in [9.17, 15) is 22.8 Å². The molecule has 1 unspecified atom stereocenters. The highest BCUT2D eigenvalue weighted by Crippen LogP contribution is 2.45. The van der Waals surface area contributed by atoms with Gasteiger partial charge in [-0.15, -0.1) is 0 Å². The summed E-state index contributed by atoms with van der Waals surface area (Å²) < 4.78 is 39.8. The summed E-state index contributed by atoms with van der Waals surface area (Å²) in [4.78, 5) is 34.9. The Hall–Kier alpha value is -3.59. The van der Waals surface area contributed by atoms with Gasteiger partial charge in [0.05, 0.1) is 22.2 Å². The number of carbonyl (C=O) groups is 2. The second-order valence-corrected chi connectivity index (χ2v) is 11.9. The fourth-order valence-corrected chi connectivity index (χ4v) is 6.21. The second-order valence-electron chi connectivity index (χ2n) is 11.4. The van der Waals surface area contributed by atoms with Gasteiger partial charge < -0.3 is 15.1 Å². The van der Waals surface area contributed by atoms with Crippen molar-refractivity contribution in [3.63, 3.8) is 0 Å². The Morgan fingerprint density at radius 3 is 2.39 bits per heavy atom. The number of rotatable bonds is 5. The van der Waals surface area contributed by atoms with Gasteiger partial charge in [-0.25, -0.2) is 0 Å². The van der Waals surface area contributed by atoms with E-state index in [0.717, 1.165) is 60.9 Å². The maximum Gasteiger partial charge on any atom is 0.416 e. The average molecular weight is 585 g/mol. The number of fused-ring (bicyclic) bond motifs is 1. The summed E-state index contributed by atoms with van der Waals surface area (Å²) in [7, 11) is 1.82. The molecule has 6 nitrogen and oxygen atoms in total. The van der Waals surface area contributed by atoms with Crippen molar-refractivity contribution in [2.24, 2.45) is 0 Å². The second kappa shape index (κ2) is 11.0. The van der Waals surface area contributed by atoms with Crippen LogP contribution in [0.3, 0.4) is 0 Å². The van der Waals surface area contributed by atoms with E-state index in [1.807, 2.05) is 51.2 Å². The number of piperidine rings is 1. The molecule has 0 spiro atoms. The van der Waals surface area contributed by atoms with Crippen LogP contribution in [0.15, 0.2) is 60.9 Å². The van der Waals surface area contributed by atoms with Gasteiger partial charge in [0.1, 0.15) is 0 Å². The molecule has 0 radical (unpaired) electrons. The number of amides is 2. The van der Waals surface area contributed by atoms with Gasteiger partial charge in [0.25, 0.3) is 11.8 Å². The number of hydrogen-bond acceptors (Lipinski definition) is 4. The first-order valence-corrected chi connectivity index (χ1v) is 14.0. The van der Waals surface area contributed by atoms with Crippen LogP contribution in [0, 0.1) is 0 Å². The van der Waals surface area contributed by atoms with Gasteiger partial charge in [-0.1, -0.05) is 31.5 Å². The van der Waals surface area contributed by atoms with Crippen LogP contribution < -0.4 is 10.2 Å².